The zero-order chi connectivity index (χ0) is 15.7. The van der Waals surface area contributed by atoms with Gasteiger partial charge in [0.2, 0.25) is 5.91 Å². The first kappa shape index (κ1) is 17.7. The van der Waals surface area contributed by atoms with Gasteiger partial charge in [0.1, 0.15) is 5.82 Å². The molecule has 3 rings (SSSR count). The van der Waals surface area contributed by atoms with Gasteiger partial charge in [-0.15, -0.1) is 12.4 Å². The maximum absolute atomic E-state index is 14.1. The van der Waals surface area contributed by atoms with Crippen molar-refractivity contribution in [2.45, 2.75) is 25.3 Å². The third kappa shape index (κ3) is 3.48. The highest BCUT2D eigenvalue weighted by molar-refractivity contribution is 5.99. The van der Waals surface area contributed by atoms with Crippen LogP contribution in [0.25, 0.3) is 0 Å². The molecular weight excluding hydrogens is 321 g/mol. The van der Waals surface area contributed by atoms with E-state index in [1.54, 1.807) is 22.9 Å². The number of hydrogen-bond donors (Lipinski definition) is 1. The molecule has 7 heteroatoms. The van der Waals surface area contributed by atoms with Crippen LogP contribution in [0.1, 0.15) is 29.6 Å². The second-order valence-corrected chi connectivity index (χ2v) is 5.88. The lowest BCUT2D eigenvalue weighted by molar-refractivity contribution is -0.117. The molecule has 1 atom stereocenters. The summed E-state index contributed by atoms with van der Waals surface area (Å²) in [7, 11) is 1.70. The first-order chi connectivity index (χ1) is 10.6. The number of hydrogen-bond acceptors (Lipinski definition) is 3. The van der Waals surface area contributed by atoms with Crippen LogP contribution in [0.4, 0.5) is 10.1 Å². The Morgan fingerprint density at radius 2 is 2.22 bits per heavy atom. The highest BCUT2D eigenvalue weighted by Crippen LogP contribution is 2.25. The lowest BCUT2D eigenvalue weighted by atomic mass is 10.1. The second kappa shape index (κ2) is 7.27. The van der Waals surface area contributed by atoms with Crippen LogP contribution in [-0.2, 0) is 4.79 Å². The van der Waals surface area contributed by atoms with Gasteiger partial charge in [0.05, 0.1) is 5.56 Å². The fraction of sp³-hybridized carbons (Fsp3) is 0.500. The summed E-state index contributed by atoms with van der Waals surface area (Å²) in [6.45, 7) is 2.22. The summed E-state index contributed by atoms with van der Waals surface area (Å²) < 4.78 is 14.1. The molecule has 0 aromatic heterocycles. The van der Waals surface area contributed by atoms with Gasteiger partial charge < -0.3 is 15.1 Å². The number of anilines is 1. The summed E-state index contributed by atoms with van der Waals surface area (Å²) >= 11 is 0. The Hall–Kier alpha value is -1.66. The molecule has 1 unspecified atom stereocenters. The number of carbonyl (C=O) groups excluding carboxylic acids is 2. The van der Waals surface area contributed by atoms with Crippen molar-refractivity contribution < 1.29 is 14.0 Å². The average Bonchev–Trinajstić information content (AvgIpc) is 3.18. The molecule has 1 N–H and O–H groups in total. The van der Waals surface area contributed by atoms with E-state index in [4.69, 9.17) is 0 Å². The number of halogens is 2. The van der Waals surface area contributed by atoms with Crippen LogP contribution in [0.5, 0.6) is 0 Å². The smallest absolute Gasteiger partial charge is 0.256 e. The molecule has 0 aliphatic carbocycles. The van der Waals surface area contributed by atoms with Crippen molar-refractivity contribution in [3.8, 4) is 0 Å². The summed E-state index contributed by atoms with van der Waals surface area (Å²) in [4.78, 5) is 27.6. The Kier molecular flexibility index (Phi) is 5.59. The van der Waals surface area contributed by atoms with Gasteiger partial charge in [-0.2, -0.15) is 0 Å². The predicted octanol–water partition coefficient (Wildman–Crippen LogP) is 1.81. The molecule has 0 bridgehead atoms. The van der Waals surface area contributed by atoms with Gasteiger partial charge in [-0.25, -0.2) is 4.39 Å². The summed E-state index contributed by atoms with van der Waals surface area (Å²) in [5.41, 5.74) is 0.636. The van der Waals surface area contributed by atoms with E-state index in [1.165, 1.54) is 12.1 Å². The third-order valence-electron chi connectivity index (χ3n) is 4.47. The maximum atomic E-state index is 14.1. The van der Waals surface area contributed by atoms with Crippen molar-refractivity contribution >= 4 is 29.9 Å². The number of nitrogens with one attached hydrogen (secondary N) is 1. The summed E-state index contributed by atoms with van der Waals surface area (Å²) in [6, 6.07) is 4.42. The van der Waals surface area contributed by atoms with Crippen molar-refractivity contribution in [2.24, 2.45) is 0 Å². The molecule has 2 saturated heterocycles. The van der Waals surface area contributed by atoms with Crippen molar-refractivity contribution in [1.29, 1.82) is 0 Å². The van der Waals surface area contributed by atoms with Gasteiger partial charge in [0, 0.05) is 38.3 Å². The lowest BCUT2D eigenvalue weighted by Gasteiger charge is -2.25. The Bertz CT molecular complexity index is 605. The van der Waals surface area contributed by atoms with Crippen molar-refractivity contribution in [3.05, 3.63) is 29.6 Å². The number of amides is 2. The van der Waals surface area contributed by atoms with E-state index in [-0.39, 0.29) is 35.8 Å². The zero-order valence-corrected chi connectivity index (χ0v) is 13.9. The molecule has 2 amide bonds. The van der Waals surface area contributed by atoms with Crippen LogP contribution in [0, 0.1) is 5.82 Å². The molecule has 2 heterocycles. The van der Waals surface area contributed by atoms with Gasteiger partial charge in [0.15, 0.2) is 0 Å². The van der Waals surface area contributed by atoms with E-state index >= 15 is 0 Å². The van der Waals surface area contributed by atoms with Crippen molar-refractivity contribution in [3.63, 3.8) is 0 Å². The largest absolute Gasteiger partial charge is 0.337 e. The topological polar surface area (TPSA) is 52.7 Å². The monoisotopic (exact) mass is 341 g/mol. The van der Waals surface area contributed by atoms with Gasteiger partial charge in [0.25, 0.3) is 5.91 Å². The second-order valence-electron chi connectivity index (χ2n) is 5.88. The highest BCUT2D eigenvalue weighted by atomic mass is 35.5. The lowest BCUT2D eigenvalue weighted by Crippen LogP contribution is -2.38. The molecule has 2 aliphatic rings. The van der Waals surface area contributed by atoms with E-state index in [0.29, 0.717) is 18.7 Å². The quantitative estimate of drug-likeness (QED) is 0.912. The van der Waals surface area contributed by atoms with Crippen molar-refractivity contribution in [1.82, 2.24) is 10.2 Å². The van der Waals surface area contributed by atoms with Crippen LogP contribution < -0.4 is 10.2 Å². The molecule has 1 aromatic carbocycles. The maximum Gasteiger partial charge on any atom is 0.256 e. The number of nitrogens with zero attached hydrogens (tertiary/aromatic N) is 2. The minimum absolute atomic E-state index is 0. The summed E-state index contributed by atoms with van der Waals surface area (Å²) in [5.74, 6) is -0.851. The number of carbonyl (C=O) groups is 2. The number of benzene rings is 1. The Balaban J connectivity index is 0.00000192. The van der Waals surface area contributed by atoms with E-state index in [1.807, 2.05) is 0 Å². The molecule has 0 radical (unpaired) electrons. The standard InChI is InChI=1S/C16H20FN3O2.ClH/c1-19(12-6-7-18-10-12)16(22)13-9-11(4-5-14(13)17)20-8-2-3-15(20)21;/h4-5,9,12,18H,2-3,6-8,10H2,1H3;1H. The fourth-order valence-corrected chi connectivity index (χ4v) is 3.09. The van der Waals surface area contributed by atoms with Gasteiger partial charge >= 0.3 is 0 Å². The minimum Gasteiger partial charge on any atom is -0.337 e. The Morgan fingerprint density at radius 3 is 2.83 bits per heavy atom. The van der Waals surface area contributed by atoms with Crippen LogP contribution in [0.2, 0.25) is 0 Å². The first-order valence-corrected chi connectivity index (χ1v) is 7.65. The summed E-state index contributed by atoms with van der Waals surface area (Å²) in [6.07, 6.45) is 2.18. The Labute approximate surface area is 141 Å². The highest BCUT2D eigenvalue weighted by Gasteiger charge is 2.28. The molecule has 126 valence electrons. The van der Waals surface area contributed by atoms with E-state index in [2.05, 4.69) is 5.32 Å². The van der Waals surface area contributed by atoms with Crippen molar-refractivity contribution in [2.75, 3.05) is 31.6 Å². The summed E-state index contributed by atoms with van der Waals surface area (Å²) in [5, 5.41) is 3.20. The SMILES string of the molecule is CN(C(=O)c1cc(N2CCCC2=O)ccc1F)C1CCNC1.Cl. The molecule has 2 fully saturated rings. The average molecular weight is 342 g/mol. The van der Waals surface area contributed by atoms with Crippen LogP contribution in [0.15, 0.2) is 18.2 Å². The molecular formula is C16H21ClFN3O2. The molecule has 0 spiro atoms. The molecule has 1 aromatic rings. The number of rotatable bonds is 3. The van der Waals surface area contributed by atoms with E-state index in [0.717, 1.165) is 25.9 Å². The molecule has 5 nitrogen and oxygen atoms in total. The van der Waals surface area contributed by atoms with Gasteiger partial charge in [-0.1, -0.05) is 0 Å². The number of likely N-dealkylation sites (N-methyl/N-ethyl adjacent to an activating group) is 1. The van der Waals surface area contributed by atoms with Crippen LogP contribution >= 0.6 is 12.4 Å². The zero-order valence-electron chi connectivity index (χ0n) is 13.0. The molecule has 2 aliphatic heterocycles. The normalized spacial score (nSPS) is 20.5. The Morgan fingerprint density at radius 1 is 1.43 bits per heavy atom. The van der Waals surface area contributed by atoms with Gasteiger partial charge in [-0.05, 0) is 37.6 Å². The fourth-order valence-electron chi connectivity index (χ4n) is 3.09. The van der Waals surface area contributed by atoms with Crippen LogP contribution in [-0.4, -0.2) is 49.4 Å². The van der Waals surface area contributed by atoms with Crippen LogP contribution in [0.3, 0.4) is 0 Å². The molecule has 0 saturated carbocycles. The third-order valence-corrected chi connectivity index (χ3v) is 4.47. The minimum atomic E-state index is -0.543. The van der Waals surface area contributed by atoms with E-state index in [9.17, 15) is 14.0 Å². The first-order valence-electron chi connectivity index (χ1n) is 7.65. The molecule has 23 heavy (non-hydrogen) atoms. The van der Waals surface area contributed by atoms with E-state index < -0.39 is 5.82 Å². The predicted molar refractivity (Wildman–Crippen MR) is 88.6 cm³/mol. The van der Waals surface area contributed by atoms with Gasteiger partial charge in [-0.3, -0.25) is 9.59 Å².